The molecule has 8 heteroatoms. The topological polar surface area (TPSA) is 58.4 Å². The van der Waals surface area contributed by atoms with Crippen LogP contribution in [0.5, 0.6) is 0 Å². The van der Waals surface area contributed by atoms with Gasteiger partial charge in [0.1, 0.15) is 0 Å². The van der Waals surface area contributed by atoms with Crippen molar-refractivity contribution in [3.63, 3.8) is 0 Å². The molecule has 0 bridgehead atoms. The van der Waals surface area contributed by atoms with Gasteiger partial charge >= 0.3 is 6.18 Å². The molecule has 0 radical (unpaired) electrons. The minimum absolute atomic E-state index is 0.129. The second kappa shape index (κ2) is 9.24. The Kier molecular flexibility index (Phi) is 6.68. The highest BCUT2D eigenvalue weighted by molar-refractivity contribution is 5.96. The van der Waals surface area contributed by atoms with Gasteiger partial charge in [0, 0.05) is 30.4 Å². The Bertz CT molecular complexity index is 1120. The van der Waals surface area contributed by atoms with Crippen molar-refractivity contribution in [3.8, 4) is 11.3 Å². The van der Waals surface area contributed by atoms with Crippen LogP contribution in [0.4, 0.5) is 18.9 Å². The number of aryl methyl sites for hydroxylation is 1. The smallest absolute Gasteiger partial charge is 0.382 e. The number of imidazole rings is 1. The molecule has 0 atom stereocenters. The van der Waals surface area contributed by atoms with Crippen molar-refractivity contribution in [3.05, 3.63) is 59.4 Å². The molecule has 1 amide bonds. The molecule has 31 heavy (non-hydrogen) atoms. The Balaban J connectivity index is 2.02. The van der Waals surface area contributed by atoms with Crippen LogP contribution in [-0.4, -0.2) is 34.6 Å². The standard InChI is InChI=1S/C23H25F3N4O/c1-4-6-16-12-19(28-10-9-23(24,25)26)21-29-13-20(30(21)14-16)17-7-8-18(15(3)11-17)22(31)27-5-2/h4,6-8,11-14,28H,5,9-10H2,1-3H3,(H,27,31). The van der Waals surface area contributed by atoms with Gasteiger partial charge in [0.2, 0.25) is 0 Å². The SMILES string of the molecule is CC=Cc1cc(NCCC(F)(F)F)c2ncc(-c3ccc(C(=O)NCC)c(C)c3)n2c1. The number of aromatic nitrogens is 2. The first-order valence-corrected chi connectivity index (χ1v) is 10.1. The van der Waals surface area contributed by atoms with Gasteiger partial charge in [-0.1, -0.05) is 18.2 Å². The number of allylic oxidation sites excluding steroid dienone is 1. The van der Waals surface area contributed by atoms with Crippen LogP contribution in [-0.2, 0) is 0 Å². The van der Waals surface area contributed by atoms with E-state index in [1.165, 1.54) is 0 Å². The Morgan fingerprint density at radius 1 is 1.26 bits per heavy atom. The number of nitrogens with zero attached hydrogens (tertiary/aromatic N) is 2. The first-order valence-electron chi connectivity index (χ1n) is 10.1. The summed E-state index contributed by atoms with van der Waals surface area (Å²) in [5, 5.41) is 5.66. The monoisotopic (exact) mass is 430 g/mol. The number of hydrogen-bond donors (Lipinski definition) is 2. The van der Waals surface area contributed by atoms with Crippen LogP contribution in [0.1, 0.15) is 41.8 Å². The fraction of sp³-hybridized carbons (Fsp3) is 0.304. The molecule has 164 valence electrons. The summed E-state index contributed by atoms with van der Waals surface area (Å²) >= 11 is 0. The van der Waals surface area contributed by atoms with Crippen LogP contribution in [0.3, 0.4) is 0 Å². The fourth-order valence-electron chi connectivity index (χ4n) is 3.41. The zero-order valence-electron chi connectivity index (χ0n) is 17.7. The van der Waals surface area contributed by atoms with Crippen molar-refractivity contribution in [2.45, 2.75) is 33.4 Å². The predicted molar refractivity (Wildman–Crippen MR) is 117 cm³/mol. The molecule has 2 heterocycles. The predicted octanol–water partition coefficient (Wildman–Crippen LogP) is 5.46. The third-order valence-corrected chi connectivity index (χ3v) is 4.81. The minimum atomic E-state index is -4.23. The van der Waals surface area contributed by atoms with Crippen molar-refractivity contribution in [2.24, 2.45) is 0 Å². The average Bonchev–Trinajstić information content (AvgIpc) is 3.11. The van der Waals surface area contributed by atoms with E-state index in [1.54, 1.807) is 18.3 Å². The maximum atomic E-state index is 12.6. The van der Waals surface area contributed by atoms with E-state index in [-0.39, 0.29) is 12.5 Å². The van der Waals surface area contributed by atoms with E-state index < -0.39 is 12.6 Å². The van der Waals surface area contributed by atoms with Crippen LogP contribution in [0.15, 0.2) is 42.7 Å². The Morgan fingerprint density at radius 2 is 2.03 bits per heavy atom. The molecule has 0 aliphatic heterocycles. The van der Waals surface area contributed by atoms with Crippen molar-refractivity contribution in [2.75, 3.05) is 18.4 Å². The molecule has 3 rings (SSSR count). The summed E-state index contributed by atoms with van der Waals surface area (Å²) < 4.78 is 39.6. The Morgan fingerprint density at radius 3 is 2.68 bits per heavy atom. The number of fused-ring (bicyclic) bond motifs is 1. The largest absolute Gasteiger partial charge is 0.390 e. The molecule has 2 aromatic heterocycles. The second-order valence-electron chi connectivity index (χ2n) is 7.21. The number of hydrogen-bond acceptors (Lipinski definition) is 3. The summed E-state index contributed by atoms with van der Waals surface area (Å²) in [6.45, 7) is 5.92. The molecular formula is C23H25F3N4O. The van der Waals surface area contributed by atoms with Crippen molar-refractivity contribution >= 4 is 23.3 Å². The number of anilines is 1. The lowest BCUT2D eigenvalue weighted by molar-refractivity contribution is -0.131. The summed E-state index contributed by atoms with van der Waals surface area (Å²) in [5.41, 5.74) is 4.97. The van der Waals surface area contributed by atoms with E-state index in [0.29, 0.717) is 23.4 Å². The lowest BCUT2D eigenvalue weighted by Gasteiger charge is -2.12. The fourth-order valence-corrected chi connectivity index (χ4v) is 3.41. The van der Waals surface area contributed by atoms with E-state index in [4.69, 9.17) is 0 Å². The van der Waals surface area contributed by atoms with Gasteiger partial charge in [0.05, 0.1) is 24.0 Å². The third kappa shape index (κ3) is 5.25. The van der Waals surface area contributed by atoms with E-state index >= 15 is 0 Å². The molecular weight excluding hydrogens is 405 g/mol. The maximum Gasteiger partial charge on any atom is 0.390 e. The Hall–Kier alpha value is -3.29. The van der Waals surface area contributed by atoms with Gasteiger partial charge in [-0.25, -0.2) is 4.98 Å². The molecule has 0 aliphatic rings. The number of amides is 1. The van der Waals surface area contributed by atoms with Gasteiger partial charge in [-0.05, 0) is 50.1 Å². The Labute approximate surface area is 179 Å². The lowest BCUT2D eigenvalue weighted by atomic mass is 10.0. The number of rotatable bonds is 7. The van der Waals surface area contributed by atoms with Crippen LogP contribution >= 0.6 is 0 Å². The third-order valence-electron chi connectivity index (χ3n) is 4.81. The molecule has 2 N–H and O–H groups in total. The molecule has 0 saturated carbocycles. The number of halogens is 3. The number of nitrogens with one attached hydrogen (secondary N) is 2. The summed E-state index contributed by atoms with van der Waals surface area (Å²) in [6.07, 6.45) is 2.16. The molecule has 0 aliphatic carbocycles. The molecule has 0 fully saturated rings. The number of pyridine rings is 1. The number of alkyl halides is 3. The summed E-state index contributed by atoms with van der Waals surface area (Å²) in [7, 11) is 0. The van der Waals surface area contributed by atoms with Gasteiger partial charge in [-0.2, -0.15) is 13.2 Å². The maximum absolute atomic E-state index is 12.6. The second-order valence-corrected chi connectivity index (χ2v) is 7.21. The summed E-state index contributed by atoms with van der Waals surface area (Å²) in [6, 6.07) is 7.31. The number of carbonyl (C=O) groups is 1. The van der Waals surface area contributed by atoms with E-state index in [2.05, 4.69) is 15.6 Å². The highest BCUT2D eigenvalue weighted by atomic mass is 19.4. The van der Waals surface area contributed by atoms with Crippen LogP contribution in [0, 0.1) is 6.92 Å². The lowest BCUT2D eigenvalue weighted by Crippen LogP contribution is -2.23. The van der Waals surface area contributed by atoms with Crippen LogP contribution < -0.4 is 10.6 Å². The van der Waals surface area contributed by atoms with Crippen LogP contribution in [0.25, 0.3) is 23.0 Å². The van der Waals surface area contributed by atoms with Gasteiger partial charge < -0.3 is 10.6 Å². The molecule has 5 nitrogen and oxygen atoms in total. The minimum Gasteiger partial charge on any atom is -0.382 e. The zero-order chi connectivity index (χ0) is 22.6. The van der Waals surface area contributed by atoms with Gasteiger partial charge in [-0.3, -0.25) is 9.20 Å². The van der Waals surface area contributed by atoms with Crippen molar-refractivity contribution in [1.82, 2.24) is 14.7 Å². The molecule has 0 spiro atoms. The molecule has 3 aromatic rings. The highest BCUT2D eigenvalue weighted by Crippen LogP contribution is 2.28. The number of benzene rings is 1. The van der Waals surface area contributed by atoms with Crippen LogP contribution in [0.2, 0.25) is 0 Å². The van der Waals surface area contributed by atoms with Gasteiger partial charge in [0.25, 0.3) is 5.91 Å². The average molecular weight is 430 g/mol. The van der Waals surface area contributed by atoms with Gasteiger partial charge in [0.15, 0.2) is 5.65 Å². The highest BCUT2D eigenvalue weighted by Gasteiger charge is 2.26. The summed E-state index contributed by atoms with van der Waals surface area (Å²) in [4.78, 5) is 16.6. The summed E-state index contributed by atoms with van der Waals surface area (Å²) in [5.74, 6) is -0.129. The first kappa shape index (κ1) is 22.4. The van der Waals surface area contributed by atoms with Crippen molar-refractivity contribution in [1.29, 1.82) is 0 Å². The number of carbonyl (C=O) groups excluding carboxylic acids is 1. The normalized spacial score (nSPS) is 11.9. The van der Waals surface area contributed by atoms with Crippen molar-refractivity contribution < 1.29 is 18.0 Å². The molecule has 1 aromatic carbocycles. The molecule has 0 unspecified atom stereocenters. The van der Waals surface area contributed by atoms with E-state index in [9.17, 15) is 18.0 Å². The quantitative estimate of drug-likeness (QED) is 0.524. The zero-order valence-corrected chi connectivity index (χ0v) is 17.7. The molecule has 0 saturated heterocycles. The first-order chi connectivity index (χ1) is 14.7. The van der Waals surface area contributed by atoms with E-state index in [1.807, 2.05) is 55.7 Å². The van der Waals surface area contributed by atoms with Gasteiger partial charge in [-0.15, -0.1) is 0 Å². The van der Waals surface area contributed by atoms with E-state index in [0.717, 1.165) is 22.4 Å².